The molecule has 134 valence electrons. The van der Waals surface area contributed by atoms with E-state index in [1.54, 1.807) is 17.0 Å². The van der Waals surface area contributed by atoms with Gasteiger partial charge in [-0.2, -0.15) is 10.1 Å². The maximum atomic E-state index is 12.5. The van der Waals surface area contributed by atoms with Gasteiger partial charge in [0.15, 0.2) is 11.5 Å². The standard InChI is InChI=1S/C19H14ClN5O2/c20-12-4-3-5-13(9-12)25-10-11(8-16(25)26)18-21-19(27-24-18)17-14-6-1-2-7-15(14)22-23-17/h1-7,9,11H,8,10H2,(H,22,23). The second kappa shape index (κ2) is 6.21. The Hall–Kier alpha value is -3.19. The smallest absolute Gasteiger partial charge is 0.279 e. The highest BCUT2D eigenvalue weighted by Crippen LogP contribution is 2.33. The molecule has 0 radical (unpaired) electrons. The third-order valence-corrected chi connectivity index (χ3v) is 4.96. The Morgan fingerprint density at radius 3 is 2.96 bits per heavy atom. The summed E-state index contributed by atoms with van der Waals surface area (Å²) in [7, 11) is 0. The number of nitrogens with one attached hydrogen (secondary N) is 1. The van der Waals surface area contributed by atoms with E-state index in [0.717, 1.165) is 16.6 Å². The lowest BCUT2D eigenvalue weighted by molar-refractivity contribution is -0.117. The van der Waals surface area contributed by atoms with Crippen molar-refractivity contribution < 1.29 is 9.32 Å². The van der Waals surface area contributed by atoms with Crippen LogP contribution in [0.5, 0.6) is 0 Å². The van der Waals surface area contributed by atoms with Crippen molar-refractivity contribution in [2.45, 2.75) is 12.3 Å². The number of halogens is 1. The first-order chi connectivity index (χ1) is 13.2. The second-order valence-corrected chi connectivity index (χ2v) is 6.90. The molecule has 1 fully saturated rings. The van der Waals surface area contributed by atoms with Crippen molar-refractivity contribution in [3.05, 3.63) is 59.4 Å². The molecule has 1 saturated heterocycles. The lowest BCUT2D eigenvalue weighted by Crippen LogP contribution is -2.24. The number of fused-ring (bicyclic) bond motifs is 1. The van der Waals surface area contributed by atoms with E-state index in [2.05, 4.69) is 20.3 Å². The van der Waals surface area contributed by atoms with Gasteiger partial charge in [-0.05, 0) is 24.3 Å². The first kappa shape index (κ1) is 16.0. The summed E-state index contributed by atoms with van der Waals surface area (Å²) in [5.41, 5.74) is 2.29. The Bertz CT molecular complexity index is 1150. The van der Waals surface area contributed by atoms with E-state index in [9.17, 15) is 4.79 Å². The lowest BCUT2D eigenvalue weighted by Gasteiger charge is -2.16. The van der Waals surface area contributed by atoms with Crippen LogP contribution < -0.4 is 4.90 Å². The number of carbonyl (C=O) groups is 1. The Morgan fingerprint density at radius 2 is 2.07 bits per heavy atom. The highest BCUT2D eigenvalue weighted by atomic mass is 35.5. The van der Waals surface area contributed by atoms with Crippen molar-refractivity contribution in [3.8, 4) is 11.6 Å². The van der Waals surface area contributed by atoms with Crippen LogP contribution in [0.25, 0.3) is 22.5 Å². The van der Waals surface area contributed by atoms with E-state index in [1.165, 1.54) is 0 Å². The fraction of sp³-hybridized carbons (Fsp3) is 0.158. The van der Waals surface area contributed by atoms with E-state index in [-0.39, 0.29) is 11.8 Å². The van der Waals surface area contributed by atoms with Gasteiger partial charge in [0.05, 0.1) is 5.52 Å². The molecule has 0 aliphatic carbocycles. The molecule has 0 spiro atoms. The van der Waals surface area contributed by atoms with Crippen LogP contribution in [0.4, 0.5) is 5.69 Å². The monoisotopic (exact) mass is 379 g/mol. The number of rotatable bonds is 3. The van der Waals surface area contributed by atoms with Gasteiger partial charge < -0.3 is 9.42 Å². The molecule has 8 heteroatoms. The number of benzene rings is 2. The number of hydrogen-bond acceptors (Lipinski definition) is 5. The minimum Gasteiger partial charge on any atom is -0.332 e. The zero-order valence-electron chi connectivity index (χ0n) is 14.1. The van der Waals surface area contributed by atoms with Gasteiger partial charge in [0.25, 0.3) is 5.89 Å². The number of hydrogen-bond donors (Lipinski definition) is 1. The molecule has 4 aromatic rings. The summed E-state index contributed by atoms with van der Waals surface area (Å²) in [6, 6.07) is 15.0. The van der Waals surface area contributed by atoms with Crippen LogP contribution in [-0.2, 0) is 4.79 Å². The van der Waals surface area contributed by atoms with Gasteiger partial charge in [-0.25, -0.2) is 0 Å². The minimum atomic E-state index is -0.140. The molecule has 1 atom stereocenters. The first-order valence-corrected chi connectivity index (χ1v) is 8.90. The number of amides is 1. The van der Waals surface area contributed by atoms with Crippen LogP contribution >= 0.6 is 11.6 Å². The number of nitrogens with zero attached hydrogens (tertiary/aromatic N) is 4. The van der Waals surface area contributed by atoms with Crippen LogP contribution in [0.2, 0.25) is 5.02 Å². The topological polar surface area (TPSA) is 87.9 Å². The van der Waals surface area contributed by atoms with Crippen molar-refractivity contribution in [2.24, 2.45) is 0 Å². The average molecular weight is 380 g/mol. The van der Waals surface area contributed by atoms with Gasteiger partial charge in [-0.3, -0.25) is 9.89 Å². The summed E-state index contributed by atoms with van der Waals surface area (Å²) < 4.78 is 5.43. The SMILES string of the molecule is O=C1CC(c2noc(-c3n[nH]c4ccccc34)n2)CN1c1cccc(Cl)c1. The normalized spacial score (nSPS) is 17.1. The van der Waals surface area contributed by atoms with E-state index in [0.29, 0.717) is 35.4 Å². The van der Waals surface area contributed by atoms with Gasteiger partial charge in [0.1, 0.15) is 0 Å². The summed E-state index contributed by atoms with van der Waals surface area (Å²) in [4.78, 5) is 18.7. The molecule has 2 aromatic carbocycles. The zero-order valence-corrected chi connectivity index (χ0v) is 14.8. The molecule has 2 aromatic heterocycles. The van der Waals surface area contributed by atoms with E-state index >= 15 is 0 Å². The molecule has 27 heavy (non-hydrogen) atoms. The highest BCUT2D eigenvalue weighted by molar-refractivity contribution is 6.30. The molecular formula is C19H14ClN5O2. The van der Waals surface area contributed by atoms with Gasteiger partial charge in [0, 0.05) is 35.0 Å². The van der Waals surface area contributed by atoms with Gasteiger partial charge in [0.2, 0.25) is 5.91 Å². The van der Waals surface area contributed by atoms with Crippen molar-refractivity contribution in [2.75, 3.05) is 11.4 Å². The molecule has 0 bridgehead atoms. The third kappa shape index (κ3) is 2.76. The largest absolute Gasteiger partial charge is 0.332 e. The summed E-state index contributed by atoms with van der Waals surface area (Å²) in [5, 5.41) is 12.8. The van der Waals surface area contributed by atoms with Crippen molar-refractivity contribution in [1.29, 1.82) is 0 Å². The van der Waals surface area contributed by atoms with Crippen molar-refractivity contribution in [3.63, 3.8) is 0 Å². The molecule has 1 amide bonds. The number of H-pyrrole nitrogens is 1. The molecule has 7 nitrogen and oxygen atoms in total. The molecule has 3 heterocycles. The second-order valence-electron chi connectivity index (χ2n) is 6.46. The zero-order chi connectivity index (χ0) is 18.4. The molecule has 5 rings (SSSR count). The van der Waals surface area contributed by atoms with Crippen LogP contribution in [-0.4, -0.2) is 32.8 Å². The number of para-hydroxylation sites is 1. The number of anilines is 1. The molecule has 1 unspecified atom stereocenters. The Labute approximate surface area is 158 Å². The van der Waals surface area contributed by atoms with Crippen molar-refractivity contribution in [1.82, 2.24) is 20.3 Å². The fourth-order valence-electron chi connectivity index (χ4n) is 3.40. The van der Waals surface area contributed by atoms with Gasteiger partial charge in [-0.15, -0.1) is 0 Å². The summed E-state index contributed by atoms with van der Waals surface area (Å²) >= 11 is 6.04. The highest BCUT2D eigenvalue weighted by Gasteiger charge is 2.35. The predicted molar refractivity (Wildman–Crippen MR) is 101 cm³/mol. The van der Waals surface area contributed by atoms with E-state index < -0.39 is 0 Å². The predicted octanol–water partition coefficient (Wildman–Crippen LogP) is 3.79. The quantitative estimate of drug-likeness (QED) is 0.585. The number of aromatic amines is 1. The van der Waals surface area contributed by atoms with Crippen molar-refractivity contribution >= 4 is 34.1 Å². The Balaban J connectivity index is 1.43. The molecule has 0 saturated carbocycles. The molecule has 1 N–H and O–H groups in total. The average Bonchev–Trinajstić information content (AvgIpc) is 3.39. The maximum Gasteiger partial charge on any atom is 0.279 e. The van der Waals surface area contributed by atoms with Gasteiger partial charge >= 0.3 is 0 Å². The van der Waals surface area contributed by atoms with Gasteiger partial charge in [-0.1, -0.05) is 41.0 Å². The third-order valence-electron chi connectivity index (χ3n) is 4.72. The molecule has 1 aliphatic heterocycles. The summed E-state index contributed by atoms with van der Waals surface area (Å²) in [6.07, 6.45) is 0.326. The first-order valence-electron chi connectivity index (χ1n) is 8.52. The van der Waals surface area contributed by atoms with Crippen LogP contribution in [0.3, 0.4) is 0 Å². The number of aromatic nitrogens is 4. The maximum absolute atomic E-state index is 12.5. The summed E-state index contributed by atoms with van der Waals surface area (Å²) in [5.74, 6) is 0.726. The van der Waals surface area contributed by atoms with Crippen LogP contribution in [0, 0.1) is 0 Å². The number of carbonyl (C=O) groups excluding carboxylic acids is 1. The minimum absolute atomic E-state index is 0.0128. The Morgan fingerprint density at radius 1 is 1.19 bits per heavy atom. The lowest BCUT2D eigenvalue weighted by atomic mass is 10.1. The summed E-state index contributed by atoms with van der Waals surface area (Å²) in [6.45, 7) is 0.486. The van der Waals surface area contributed by atoms with E-state index in [4.69, 9.17) is 16.1 Å². The Kier molecular flexibility index (Phi) is 3.68. The van der Waals surface area contributed by atoms with E-state index in [1.807, 2.05) is 36.4 Å². The fourth-order valence-corrected chi connectivity index (χ4v) is 3.58. The van der Waals surface area contributed by atoms with Crippen LogP contribution in [0.15, 0.2) is 53.1 Å². The molecular weight excluding hydrogens is 366 g/mol. The van der Waals surface area contributed by atoms with Crippen LogP contribution in [0.1, 0.15) is 18.2 Å². The molecule has 1 aliphatic rings.